The lowest BCUT2D eigenvalue weighted by Crippen LogP contribution is -2.04. The molecule has 4 N–H and O–H groups in total. The highest BCUT2D eigenvalue weighted by atomic mass is 32.2. The number of benzene rings is 1. The highest BCUT2D eigenvalue weighted by Crippen LogP contribution is 2.30. The van der Waals surface area contributed by atoms with Crippen molar-refractivity contribution in [2.75, 3.05) is 24.8 Å². The first-order chi connectivity index (χ1) is 6.36. The first-order valence-corrected chi connectivity index (χ1v) is 5.68. The van der Waals surface area contributed by atoms with Crippen LogP contribution in [0.3, 0.4) is 0 Å². The Balaban J connectivity index is 3.51. The van der Waals surface area contributed by atoms with E-state index in [9.17, 15) is 8.42 Å². The van der Waals surface area contributed by atoms with Crippen LogP contribution in [0.15, 0.2) is 17.0 Å². The second-order valence-electron chi connectivity index (χ2n) is 2.90. The van der Waals surface area contributed by atoms with Gasteiger partial charge in [-0.3, -0.25) is 0 Å². The number of nitrogens with two attached hydrogens (primary N) is 2. The molecule has 0 heterocycles. The topological polar surface area (TPSA) is 95.4 Å². The van der Waals surface area contributed by atoms with Crippen molar-refractivity contribution in [1.29, 1.82) is 0 Å². The van der Waals surface area contributed by atoms with Gasteiger partial charge >= 0.3 is 0 Å². The van der Waals surface area contributed by atoms with Crippen molar-refractivity contribution in [3.05, 3.63) is 12.1 Å². The van der Waals surface area contributed by atoms with Crippen LogP contribution in [0.1, 0.15) is 0 Å². The molecule has 0 saturated carbocycles. The summed E-state index contributed by atoms with van der Waals surface area (Å²) in [5, 5.41) is 0. The molecule has 0 radical (unpaired) electrons. The van der Waals surface area contributed by atoms with Crippen molar-refractivity contribution < 1.29 is 13.2 Å². The highest BCUT2D eigenvalue weighted by molar-refractivity contribution is 7.90. The summed E-state index contributed by atoms with van der Waals surface area (Å²) in [7, 11) is -1.97. The predicted octanol–water partition coefficient (Wildman–Crippen LogP) is 0.263. The van der Waals surface area contributed by atoms with E-state index in [0.29, 0.717) is 5.69 Å². The molecule has 1 aromatic rings. The van der Waals surface area contributed by atoms with Gasteiger partial charge in [-0.2, -0.15) is 0 Å². The average Bonchev–Trinajstić information content (AvgIpc) is 2.07. The van der Waals surface area contributed by atoms with Gasteiger partial charge in [-0.1, -0.05) is 0 Å². The number of hydrogen-bond acceptors (Lipinski definition) is 5. The molecule has 6 heteroatoms. The molecule has 0 saturated heterocycles. The third-order valence-corrected chi connectivity index (χ3v) is 2.89. The number of rotatable bonds is 2. The molecule has 0 atom stereocenters. The molecule has 0 bridgehead atoms. The fraction of sp³-hybridized carbons (Fsp3) is 0.250. The molecule has 0 unspecified atom stereocenters. The minimum Gasteiger partial charge on any atom is -0.495 e. The van der Waals surface area contributed by atoms with Crippen LogP contribution in [-0.2, 0) is 9.84 Å². The second kappa shape index (κ2) is 3.38. The molecule has 0 aromatic heterocycles. The van der Waals surface area contributed by atoms with Crippen molar-refractivity contribution in [2.45, 2.75) is 4.90 Å². The van der Waals surface area contributed by atoms with Crippen LogP contribution in [0.25, 0.3) is 0 Å². The summed E-state index contributed by atoms with van der Waals surface area (Å²) in [4.78, 5) is 0.0479. The molecule has 0 aliphatic rings. The Labute approximate surface area is 82.6 Å². The summed E-state index contributed by atoms with van der Waals surface area (Å²) in [6.07, 6.45) is 1.08. The van der Waals surface area contributed by atoms with Crippen molar-refractivity contribution in [3.63, 3.8) is 0 Å². The van der Waals surface area contributed by atoms with Crippen LogP contribution < -0.4 is 16.2 Å². The predicted molar refractivity (Wildman–Crippen MR) is 54.9 cm³/mol. The Bertz CT molecular complexity index is 454. The van der Waals surface area contributed by atoms with E-state index >= 15 is 0 Å². The van der Waals surface area contributed by atoms with E-state index in [4.69, 9.17) is 16.2 Å². The van der Waals surface area contributed by atoms with Crippen molar-refractivity contribution >= 4 is 21.2 Å². The first kappa shape index (κ1) is 10.6. The van der Waals surface area contributed by atoms with E-state index in [1.807, 2.05) is 0 Å². The number of anilines is 2. The van der Waals surface area contributed by atoms with E-state index in [1.165, 1.54) is 19.2 Å². The Morgan fingerprint density at radius 2 is 1.71 bits per heavy atom. The fourth-order valence-corrected chi connectivity index (χ4v) is 1.89. The molecule has 0 amide bonds. The summed E-state index contributed by atoms with van der Waals surface area (Å²) in [6, 6.07) is 2.69. The molecular weight excluding hydrogens is 204 g/mol. The molecule has 5 nitrogen and oxygen atoms in total. The van der Waals surface area contributed by atoms with Gasteiger partial charge in [-0.25, -0.2) is 8.42 Å². The van der Waals surface area contributed by atoms with Gasteiger partial charge in [0.25, 0.3) is 0 Å². The van der Waals surface area contributed by atoms with Gasteiger partial charge in [-0.15, -0.1) is 0 Å². The number of methoxy groups -OCH3 is 1. The van der Waals surface area contributed by atoms with Crippen molar-refractivity contribution in [2.24, 2.45) is 0 Å². The molecule has 1 aromatic carbocycles. The lowest BCUT2D eigenvalue weighted by molar-refractivity contribution is 0.403. The van der Waals surface area contributed by atoms with Crippen molar-refractivity contribution in [3.8, 4) is 5.75 Å². The largest absolute Gasteiger partial charge is 0.495 e. The number of ether oxygens (including phenoxy) is 1. The maximum atomic E-state index is 11.3. The van der Waals surface area contributed by atoms with Crippen LogP contribution >= 0.6 is 0 Å². The summed E-state index contributed by atoms with van der Waals surface area (Å²) in [5.74, 6) is 0.208. The highest BCUT2D eigenvalue weighted by Gasteiger charge is 2.15. The monoisotopic (exact) mass is 216 g/mol. The minimum atomic E-state index is -3.35. The molecule has 0 fully saturated rings. The van der Waals surface area contributed by atoms with Gasteiger partial charge in [-0.05, 0) is 6.07 Å². The number of sulfone groups is 1. The zero-order chi connectivity index (χ0) is 10.9. The molecule has 0 aliphatic carbocycles. The van der Waals surface area contributed by atoms with E-state index in [2.05, 4.69) is 0 Å². The zero-order valence-electron chi connectivity index (χ0n) is 7.94. The Morgan fingerprint density at radius 3 is 2.14 bits per heavy atom. The third kappa shape index (κ3) is 1.90. The second-order valence-corrected chi connectivity index (χ2v) is 4.89. The molecule has 0 spiro atoms. The van der Waals surface area contributed by atoms with Gasteiger partial charge in [0.05, 0.1) is 18.5 Å². The molecular formula is C8H12N2O3S. The van der Waals surface area contributed by atoms with E-state index in [-0.39, 0.29) is 16.3 Å². The first-order valence-electron chi connectivity index (χ1n) is 3.79. The minimum absolute atomic E-state index is 0.0479. The van der Waals surface area contributed by atoms with E-state index in [1.54, 1.807) is 0 Å². The van der Waals surface area contributed by atoms with E-state index < -0.39 is 9.84 Å². The summed E-state index contributed by atoms with van der Waals surface area (Å²) < 4.78 is 27.5. The van der Waals surface area contributed by atoms with Gasteiger partial charge < -0.3 is 16.2 Å². The maximum absolute atomic E-state index is 11.3. The van der Waals surface area contributed by atoms with Gasteiger partial charge in [0.2, 0.25) is 0 Å². The molecule has 1 rings (SSSR count). The lowest BCUT2D eigenvalue weighted by atomic mass is 10.2. The van der Waals surface area contributed by atoms with Gasteiger partial charge in [0, 0.05) is 12.3 Å². The standard InChI is InChI=1S/C8H12N2O3S/c1-13-7-3-5(9)6(10)4-8(7)14(2,11)12/h3-4H,9-10H2,1-2H3. The molecule has 78 valence electrons. The Kier molecular flexibility index (Phi) is 2.57. The molecule has 0 aliphatic heterocycles. The van der Waals surface area contributed by atoms with Crippen LogP contribution in [0, 0.1) is 0 Å². The number of nitrogen functional groups attached to an aromatic ring is 2. The van der Waals surface area contributed by atoms with E-state index in [0.717, 1.165) is 6.26 Å². The van der Waals surface area contributed by atoms with Crippen LogP contribution in [-0.4, -0.2) is 21.8 Å². The Morgan fingerprint density at radius 1 is 1.21 bits per heavy atom. The van der Waals surface area contributed by atoms with Gasteiger partial charge in [0.15, 0.2) is 9.84 Å². The summed E-state index contributed by atoms with van der Waals surface area (Å²) in [6.45, 7) is 0. The number of hydrogen-bond donors (Lipinski definition) is 2. The average molecular weight is 216 g/mol. The summed E-state index contributed by atoms with van der Waals surface area (Å²) >= 11 is 0. The Hall–Kier alpha value is -1.43. The van der Waals surface area contributed by atoms with Crippen LogP contribution in [0.4, 0.5) is 11.4 Å². The fourth-order valence-electron chi connectivity index (χ4n) is 1.04. The smallest absolute Gasteiger partial charge is 0.179 e. The van der Waals surface area contributed by atoms with Gasteiger partial charge in [0.1, 0.15) is 10.6 Å². The maximum Gasteiger partial charge on any atom is 0.179 e. The third-order valence-electron chi connectivity index (χ3n) is 1.77. The van der Waals surface area contributed by atoms with Crippen LogP contribution in [0.2, 0.25) is 0 Å². The van der Waals surface area contributed by atoms with Crippen molar-refractivity contribution in [1.82, 2.24) is 0 Å². The normalized spacial score (nSPS) is 11.3. The summed E-state index contributed by atoms with van der Waals surface area (Å²) in [5.41, 5.74) is 11.5. The quantitative estimate of drug-likeness (QED) is 0.691. The van der Waals surface area contributed by atoms with Crippen LogP contribution in [0.5, 0.6) is 5.75 Å². The SMILES string of the molecule is COc1cc(N)c(N)cc1S(C)(=O)=O. The lowest BCUT2D eigenvalue weighted by Gasteiger charge is -2.09. The zero-order valence-corrected chi connectivity index (χ0v) is 8.76. The molecule has 14 heavy (non-hydrogen) atoms.